The number of nitrogens with one attached hydrogen (secondary N) is 1. The minimum Gasteiger partial charge on any atom is -0.469 e. The predicted octanol–water partition coefficient (Wildman–Crippen LogP) is 5.41. The van der Waals surface area contributed by atoms with Gasteiger partial charge in [-0.25, -0.2) is 9.18 Å². The van der Waals surface area contributed by atoms with Crippen molar-refractivity contribution in [3.8, 4) is 22.5 Å². The fourth-order valence-corrected chi connectivity index (χ4v) is 5.98. The molecule has 0 radical (unpaired) electrons. The largest absolute Gasteiger partial charge is 0.469 e. The molecule has 0 bridgehead atoms. The van der Waals surface area contributed by atoms with Crippen molar-refractivity contribution >= 4 is 40.0 Å². The van der Waals surface area contributed by atoms with E-state index in [-0.39, 0.29) is 29.1 Å². The predicted molar refractivity (Wildman–Crippen MR) is 142 cm³/mol. The summed E-state index contributed by atoms with van der Waals surface area (Å²) in [5, 5.41) is 14.2. The number of thiophene rings is 1. The highest BCUT2D eigenvalue weighted by atomic mass is 32.2. The molecule has 1 aliphatic heterocycles. The van der Waals surface area contributed by atoms with Crippen LogP contribution in [0.1, 0.15) is 29.0 Å². The smallest absolute Gasteiger partial charge is 0.341 e. The molecule has 9 nitrogen and oxygen atoms in total. The van der Waals surface area contributed by atoms with E-state index >= 15 is 0 Å². The lowest BCUT2D eigenvalue weighted by Crippen LogP contribution is -2.18. The van der Waals surface area contributed by atoms with Gasteiger partial charge in [0, 0.05) is 17.6 Å². The van der Waals surface area contributed by atoms with Gasteiger partial charge in [-0.1, -0.05) is 23.9 Å². The van der Waals surface area contributed by atoms with Crippen LogP contribution in [0.5, 0.6) is 0 Å². The number of ether oxygens (including phenoxy) is 2. The van der Waals surface area contributed by atoms with E-state index in [4.69, 9.17) is 13.9 Å². The van der Waals surface area contributed by atoms with E-state index in [1.165, 1.54) is 42.3 Å². The second-order valence-corrected chi connectivity index (χ2v) is 10.5. The van der Waals surface area contributed by atoms with Gasteiger partial charge in [0.1, 0.15) is 22.1 Å². The number of rotatable bonds is 9. The van der Waals surface area contributed by atoms with E-state index in [9.17, 15) is 14.0 Å². The Balaban J connectivity index is 1.34. The van der Waals surface area contributed by atoms with Crippen LogP contribution in [-0.2, 0) is 20.8 Å². The Morgan fingerprint density at radius 2 is 2.05 bits per heavy atom. The monoisotopic (exact) mass is 556 g/mol. The van der Waals surface area contributed by atoms with Crippen molar-refractivity contribution < 1.29 is 27.9 Å². The molecular weight excluding hydrogens is 531 g/mol. The quantitative estimate of drug-likeness (QED) is 0.215. The van der Waals surface area contributed by atoms with Gasteiger partial charge in [-0.3, -0.25) is 9.36 Å². The number of hydrogen-bond donors (Lipinski definition) is 1. The number of carbonyl (C=O) groups excluding carboxylic acids is 2. The molecule has 1 amide bonds. The van der Waals surface area contributed by atoms with E-state index < -0.39 is 5.97 Å². The Hall–Kier alpha value is -3.48. The lowest BCUT2D eigenvalue weighted by Gasteiger charge is -2.14. The standard InChI is InChI=1S/C26H25FN4O5S2/c1-15-19(9-11-35-15)23-29-30-26(31(23)12-18-4-3-10-36-18)38-14-21(32)28-24-22(25(33)34-2)20(13-37-24)16-5-7-17(27)8-6-16/h5-9,11,13,18H,3-4,10,12,14H2,1-2H3,(H,28,32). The summed E-state index contributed by atoms with van der Waals surface area (Å²) in [5.74, 6) is 0.131. The normalized spacial score (nSPS) is 15.1. The first-order valence-corrected chi connectivity index (χ1v) is 13.8. The van der Waals surface area contributed by atoms with Crippen LogP contribution in [0.15, 0.2) is 51.5 Å². The summed E-state index contributed by atoms with van der Waals surface area (Å²) in [6.45, 7) is 3.15. The molecule has 1 atom stereocenters. The second-order valence-electron chi connectivity index (χ2n) is 8.63. The molecular formula is C26H25FN4O5S2. The molecule has 12 heteroatoms. The number of methoxy groups -OCH3 is 1. The zero-order chi connectivity index (χ0) is 26.6. The maximum absolute atomic E-state index is 13.4. The third-order valence-corrected chi connectivity index (χ3v) is 8.01. The molecule has 0 saturated carbocycles. The lowest BCUT2D eigenvalue weighted by atomic mass is 10.0. The number of nitrogens with zero attached hydrogens (tertiary/aromatic N) is 3. The zero-order valence-corrected chi connectivity index (χ0v) is 22.4. The Morgan fingerprint density at radius 1 is 1.24 bits per heavy atom. The number of benzene rings is 1. The fourth-order valence-electron chi connectivity index (χ4n) is 4.26. The molecule has 0 spiro atoms. The van der Waals surface area contributed by atoms with Gasteiger partial charge in [-0.15, -0.1) is 21.5 Å². The first-order valence-electron chi connectivity index (χ1n) is 11.9. The lowest BCUT2D eigenvalue weighted by molar-refractivity contribution is -0.113. The summed E-state index contributed by atoms with van der Waals surface area (Å²) >= 11 is 2.45. The van der Waals surface area contributed by atoms with E-state index in [0.29, 0.717) is 33.7 Å². The number of aryl methyl sites for hydroxylation is 1. The van der Waals surface area contributed by atoms with Gasteiger partial charge >= 0.3 is 5.97 Å². The van der Waals surface area contributed by atoms with Crippen molar-refractivity contribution in [1.29, 1.82) is 0 Å². The fraction of sp³-hybridized carbons (Fsp3) is 0.308. The maximum atomic E-state index is 13.4. The van der Waals surface area contributed by atoms with Crippen molar-refractivity contribution in [2.24, 2.45) is 0 Å². The van der Waals surface area contributed by atoms with Gasteiger partial charge in [-0.2, -0.15) is 0 Å². The van der Waals surface area contributed by atoms with E-state index in [1.54, 1.807) is 23.8 Å². The minimum atomic E-state index is -0.593. The second kappa shape index (κ2) is 11.5. The van der Waals surface area contributed by atoms with Crippen molar-refractivity contribution in [1.82, 2.24) is 14.8 Å². The minimum absolute atomic E-state index is 0.0401. The van der Waals surface area contributed by atoms with Crippen molar-refractivity contribution in [3.63, 3.8) is 0 Å². The average Bonchev–Trinajstić information content (AvgIpc) is 3.72. The summed E-state index contributed by atoms with van der Waals surface area (Å²) in [5.41, 5.74) is 2.26. The molecule has 3 aromatic heterocycles. The number of thioether (sulfide) groups is 1. The average molecular weight is 557 g/mol. The van der Waals surface area contributed by atoms with E-state index in [1.807, 2.05) is 17.6 Å². The van der Waals surface area contributed by atoms with Crippen molar-refractivity contribution in [2.75, 3.05) is 24.8 Å². The van der Waals surface area contributed by atoms with Gasteiger partial charge in [0.05, 0.1) is 37.3 Å². The van der Waals surface area contributed by atoms with Crippen molar-refractivity contribution in [3.05, 3.63) is 59.1 Å². The number of furan rings is 1. The molecule has 198 valence electrons. The molecule has 1 N–H and O–H groups in total. The van der Waals surface area contributed by atoms with Crippen LogP contribution >= 0.6 is 23.1 Å². The Bertz CT molecular complexity index is 1440. The van der Waals surface area contributed by atoms with Crippen LogP contribution in [0.4, 0.5) is 9.39 Å². The topological polar surface area (TPSA) is 108 Å². The SMILES string of the molecule is COC(=O)c1c(-c2ccc(F)cc2)csc1NC(=O)CSc1nnc(-c2ccoc2C)n1CC1CCCO1. The Morgan fingerprint density at radius 3 is 2.74 bits per heavy atom. The van der Waals surface area contributed by atoms with Gasteiger partial charge < -0.3 is 19.2 Å². The highest BCUT2D eigenvalue weighted by molar-refractivity contribution is 7.99. The number of halogens is 1. The summed E-state index contributed by atoms with van der Waals surface area (Å²) in [4.78, 5) is 25.5. The van der Waals surface area contributed by atoms with Gasteiger partial charge in [-0.05, 0) is 43.5 Å². The molecule has 1 fully saturated rings. The molecule has 5 rings (SSSR count). The van der Waals surface area contributed by atoms with Crippen LogP contribution in [0.3, 0.4) is 0 Å². The van der Waals surface area contributed by atoms with Crippen molar-refractivity contribution in [2.45, 2.75) is 37.6 Å². The summed E-state index contributed by atoms with van der Waals surface area (Å²) < 4.78 is 31.6. The van der Waals surface area contributed by atoms with Gasteiger partial charge in [0.2, 0.25) is 5.91 Å². The maximum Gasteiger partial charge on any atom is 0.341 e. The summed E-state index contributed by atoms with van der Waals surface area (Å²) in [6, 6.07) is 7.62. The molecule has 0 aliphatic carbocycles. The van der Waals surface area contributed by atoms with Crippen LogP contribution < -0.4 is 5.32 Å². The van der Waals surface area contributed by atoms with Gasteiger partial charge in [0.25, 0.3) is 0 Å². The van der Waals surface area contributed by atoms with Crippen LogP contribution in [-0.4, -0.2) is 52.2 Å². The first-order chi connectivity index (χ1) is 18.4. The van der Waals surface area contributed by atoms with Gasteiger partial charge in [0.15, 0.2) is 11.0 Å². The Labute approximate surface area is 226 Å². The molecule has 1 saturated heterocycles. The highest BCUT2D eigenvalue weighted by Gasteiger charge is 2.25. The third kappa shape index (κ3) is 5.52. The molecule has 4 heterocycles. The zero-order valence-electron chi connectivity index (χ0n) is 20.7. The van der Waals surface area contributed by atoms with Crippen LogP contribution in [0, 0.1) is 12.7 Å². The molecule has 1 unspecified atom stereocenters. The molecule has 1 aliphatic rings. The molecule has 4 aromatic rings. The number of hydrogen-bond acceptors (Lipinski definition) is 9. The Kier molecular flexibility index (Phi) is 7.91. The summed E-state index contributed by atoms with van der Waals surface area (Å²) in [7, 11) is 1.27. The van der Waals surface area contributed by atoms with E-state index in [2.05, 4.69) is 15.5 Å². The highest BCUT2D eigenvalue weighted by Crippen LogP contribution is 2.36. The molecule has 1 aromatic carbocycles. The number of anilines is 1. The number of carbonyl (C=O) groups is 2. The summed E-state index contributed by atoms with van der Waals surface area (Å²) in [6.07, 6.45) is 3.60. The number of amides is 1. The number of esters is 1. The molecule has 38 heavy (non-hydrogen) atoms. The van der Waals surface area contributed by atoms with Crippen LogP contribution in [0.2, 0.25) is 0 Å². The van der Waals surface area contributed by atoms with Crippen LogP contribution in [0.25, 0.3) is 22.5 Å². The number of aromatic nitrogens is 3. The van der Waals surface area contributed by atoms with E-state index in [0.717, 1.165) is 30.8 Å². The first kappa shape index (κ1) is 26.1. The third-order valence-electron chi connectivity index (χ3n) is 6.15.